The molecule has 0 heterocycles. The van der Waals surface area contributed by atoms with Gasteiger partial charge in [-0.25, -0.2) is 9.59 Å². The molecule has 0 spiro atoms. The molecule has 1 aromatic carbocycles. The third-order valence-electron chi connectivity index (χ3n) is 4.47. The summed E-state index contributed by atoms with van der Waals surface area (Å²) in [6, 6.07) is 3.30. The quantitative estimate of drug-likeness (QED) is 0.212. The monoisotopic (exact) mass is 525 g/mol. The van der Waals surface area contributed by atoms with Crippen molar-refractivity contribution in [3.05, 3.63) is 23.8 Å². The highest BCUT2D eigenvalue weighted by Gasteiger charge is 2.21. The van der Waals surface area contributed by atoms with Gasteiger partial charge in [-0.1, -0.05) is 40.7 Å². The van der Waals surface area contributed by atoms with Crippen molar-refractivity contribution in [2.24, 2.45) is 17.6 Å². The fourth-order valence-corrected chi connectivity index (χ4v) is 2.72. The molecule has 2 atom stereocenters. The van der Waals surface area contributed by atoms with Gasteiger partial charge < -0.3 is 34.2 Å². The molecule has 0 aromatic heterocycles. The lowest BCUT2D eigenvalue weighted by Gasteiger charge is -2.17. The molecule has 0 amide bonds. The Hall–Kier alpha value is -3.34. The van der Waals surface area contributed by atoms with Gasteiger partial charge in [-0.05, 0) is 49.3 Å². The normalized spacial score (nSPS) is 12.5. The molecule has 2 N–H and O–H groups in total. The van der Waals surface area contributed by atoms with Crippen molar-refractivity contribution in [2.75, 3.05) is 19.8 Å². The molecular formula is C26H39NO10. The fraction of sp³-hybridized carbons (Fsp3) is 0.615. The average Bonchev–Trinajstić information content (AvgIpc) is 2.81. The highest BCUT2D eigenvalue weighted by Crippen LogP contribution is 2.30. The lowest BCUT2D eigenvalue weighted by atomic mass is 10.1. The van der Waals surface area contributed by atoms with E-state index in [-0.39, 0.29) is 62.0 Å². The van der Waals surface area contributed by atoms with Gasteiger partial charge in [0.2, 0.25) is 0 Å². The van der Waals surface area contributed by atoms with Crippen LogP contribution in [0.4, 0.5) is 9.59 Å². The molecule has 0 unspecified atom stereocenters. The second-order valence-corrected chi connectivity index (χ2v) is 9.39. The Labute approximate surface area is 217 Å². The molecular weight excluding hydrogens is 486 g/mol. The number of nitrogens with two attached hydrogens (primary N) is 1. The van der Waals surface area contributed by atoms with Gasteiger partial charge in [0.05, 0.1) is 13.2 Å². The molecule has 11 nitrogen and oxygen atoms in total. The molecule has 0 fully saturated rings. The molecule has 0 saturated carbocycles. The molecule has 0 radical (unpaired) electrons. The van der Waals surface area contributed by atoms with E-state index in [2.05, 4.69) is 0 Å². The summed E-state index contributed by atoms with van der Waals surface area (Å²) in [5.74, 6) is -1.06. The first-order valence-corrected chi connectivity index (χ1v) is 12.3. The van der Waals surface area contributed by atoms with E-state index < -0.39 is 30.4 Å². The minimum atomic E-state index is -1.05. The molecule has 0 aliphatic heterocycles. The van der Waals surface area contributed by atoms with Crippen LogP contribution in [-0.2, 0) is 35.0 Å². The SMILES string of the molecule is CCCC(=O)O[C@@H](C)COC(=O)[C@@H](N)Cc1ccc(OC(=O)OCC(C)C)c(OC(=O)OCC(C)C)c1. The third-order valence-corrected chi connectivity index (χ3v) is 4.47. The number of hydrogen-bond acceptors (Lipinski definition) is 11. The third kappa shape index (κ3) is 13.5. The van der Waals surface area contributed by atoms with E-state index in [0.29, 0.717) is 12.0 Å². The van der Waals surface area contributed by atoms with Gasteiger partial charge >= 0.3 is 24.2 Å². The van der Waals surface area contributed by atoms with Crippen LogP contribution in [0.1, 0.15) is 59.9 Å². The maximum atomic E-state index is 12.3. The minimum absolute atomic E-state index is 0.0261. The first-order chi connectivity index (χ1) is 17.4. The molecule has 0 aliphatic carbocycles. The average molecular weight is 526 g/mol. The molecule has 37 heavy (non-hydrogen) atoms. The second kappa shape index (κ2) is 16.4. The van der Waals surface area contributed by atoms with Crippen molar-refractivity contribution in [2.45, 2.75) is 73.0 Å². The second-order valence-electron chi connectivity index (χ2n) is 9.39. The van der Waals surface area contributed by atoms with Crippen LogP contribution in [0.25, 0.3) is 0 Å². The van der Waals surface area contributed by atoms with E-state index in [1.165, 1.54) is 12.1 Å². The highest BCUT2D eigenvalue weighted by atomic mass is 16.7. The van der Waals surface area contributed by atoms with E-state index in [1.807, 2.05) is 34.6 Å². The Balaban J connectivity index is 2.86. The molecule has 1 aromatic rings. The van der Waals surface area contributed by atoms with Crippen LogP contribution < -0.4 is 15.2 Å². The lowest BCUT2D eigenvalue weighted by Crippen LogP contribution is -2.36. The maximum absolute atomic E-state index is 12.3. The van der Waals surface area contributed by atoms with Crippen LogP contribution >= 0.6 is 0 Å². The van der Waals surface area contributed by atoms with E-state index in [1.54, 1.807) is 13.0 Å². The van der Waals surface area contributed by atoms with Gasteiger partial charge in [0.1, 0.15) is 18.8 Å². The van der Waals surface area contributed by atoms with E-state index in [9.17, 15) is 19.2 Å². The van der Waals surface area contributed by atoms with Crippen molar-refractivity contribution in [3.63, 3.8) is 0 Å². The number of carbonyl (C=O) groups excluding carboxylic acids is 4. The van der Waals surface area contributed by atoms with Crippen molar-refractivity contribution in [3.8, 4) is 11.5 Å². The number of ether oxygens (including phenoxy) is 6. The zero-order valence-corrected chi connectivity index (χ0v) is 22.4. The first-order valence-electron chi connectivity index (χ1n) is 12.3. The number of esters is 2. The molecule has 1 rings (SSSR count). The number of hydrogen-bond donors (Lipinski definition) is 1. The van der Waals surface area contributed by atoms with Crippen LogP contribution in [0.5, 0.6) is 11.5 Å². The Morgan fingerprint density at radius 1 is 0.811 bits per heavy atom. The molecule has 0 saturated heterocycles. The van der Waals surface area contributed by atoms with Gasteiger partial charge in [0.25, 0.3) is 0 Å². The summed E-state index contributed by atoms with van der Waals surface area (Å²) in [7, 11) is 0. The maximum Gasteiger partial charge on any atom is 0.513 e. The summed E-state index contributed by atoms with van der Waals surface area (Å²) in [6.07, 6.45) is -1.60. The van der Waals surface area contributed by atoms with Crippen molar-refractivity contribution < 1.29 is 47.6 Å². The number of carbonyl (C=O) groups is 4. The van der Waals surface area contributed by atoms with E-state index in [4.69, 9.17) is 34.2 Å². The van der Waals surface area contributed by atoms with E-state index in [0.717, 1.165) is 0 Å². The van der Waals surface area contributed by atoms with Gasteiger partial charge in [-0.2, -0.15) is 0 Å². The molecule has 208 valence electrons. The highest BCUT2D eigenvalue weighted by molar-refractivity contribution is 5.76. The minimum Gasteiger partial charge on any atom is -0.461 e. The predicted molar refractivity (Wildman–Crippen MR) is 133 cm³/mol. The molecule has 0 aliphatic rings. The molecule has 11 heteroatoms. The Kier molecular flexibility index (Phi) is 14.1. The van der Waals surface area contributed by atoms with Crippen molar-refractivity contribution >= 4 is 24.2 Å². The van der Waals surface area contributed by atoms with Crippen LogP contribution in [0.3, 0.4) is 0 Å². The van der Waals surface area contributed by atoms with Crippen LogP contribution in [0.15, 0.2) is 18.2 Å². The summed E-state index contributed by atoms with van der Waals surface area (Å²) in [5.41, 5.74) is 6.48. The standard InChI is InChI=1S/C26H39NO10/c1-7-8-23(28)35-18(6)15-32-24(29)20(27)11-19-9-10-21(36-25(30)33-13-16(2)3)22(12-19)37-26(31)34-14-17(4)5/h9-10,12,16-18,20H,7-8,11,13-15,27H2,1-6H3/t18-,20-/m0/s1. The van der Waals surface area contributed by atoms with Gasteiger partial charge in [0, 0.05) is 6.42 Å². The first kappa shape index (κ1) is 31.7. The summed E-state index contributed by atoms with van der Waals surface area (Å²) < 4.78 is 30.8. The Morgan fingerprint density at radius 2 is 1.38 bits per heavy atom. The molecule has 0 bridgehead atoms. The smallest absolute Gasteiger partial charge is 0.461 e. The summed E-state index contributed by atoms with van der Waals surface area (Å²) in [6.45, 7) is 11.1. The Morgan fingerprint density at radius 3 is 1.92 bits per heavy atom. The fourth-order valence-electron chi connectivity index (χ4n) is 2.72. The zero-order chi connectivity index (χ0) is 28.0. The largest absolute Gasteiger partial charge is 0.513 e. The van der Waals surface area contributed by atoms with E-state index >= 15 is 0 Å². The summed E-state index contributed by atoms with van der Waals surface area (Å²) in [5, 5.41) is 0. The van der Waals surface area contributed by atoms with Gasteiger partial charge in [0.15, 0.2) is 11.5 Å². The number of rotatable bonds is 14. The van der Waals surface area contributed by atoms with Crippen LogP contribution in [0.2, 0.25) is 0 Å². The summed E-state index contributed by atoms with van der Waals surface area (Å²) >= 11 is 0. The zero-order valence-electron chi connectivity index (χ0n) is 22.4. The topological polar surface area (TPSA) is 150 Å². The van der Waals surface area contributed by atoms with Crippen molar-refractivity contribution in [1.29, 1.82) is 0 Å². The lowest BCUT2D eigenvalue weighted by molar-refractivity contribution is -0.158. The number of benzene rings is 1. The van der Waals surface area contributed by atoms with Crippen LogP contribution in [0, 0.1) is 11.8 Å². The predicted octanol–water partition coefficient (Wildman–Crippen LogP) is 4.17. The Bertz CT molecular complexity index is 899. The van der Waals surface area contributed by atoms with Crippen LogP contribution in [-0.4, -0.2) is 56.2 Å². The van der Waals surface area contributed by atoms with Gasteiger partial charge in [-0.3, -0.25) is 9.59 Å². The summed E-state index contributed by atoms with van der Waals surface area (Å²) in [4.78, 5) is 48.0. The van der Waals surface area contributed by atoms with Crippen molar-refractivity contribution in [1.82, 2.24) is 0 Å². The van der Waals surface area contributed by atoms with Gasteiger partial charge in [-0.15, -0.1) is 0 Å².